The minimum absolute atomic E-state index is 0.00463. The molecule has 1 aromatic rings. The van der Waals surface area contributed by atoms with Crippen LogP contribution < -0.4 is 10.6 Å². The Morgan fingerprint density at radius 2 is 1.73 bits per heavy atom. The van der Waals surface area contributed by atoms with Crippen molar-refractivity contribution in [1.82, 2.24) is 5.32 Å². The van der Waals surface area contributed by atoms with Gasteiger partial charge in [-0.3, -0.25) is 9.59 Å². The van der Waals surface area contributed by atoms with E-state index >= 15 is 0 Å². The van der Waals surface area contributed by atoms with Gasteiger partial charge >= 0.3 is 0 Å². The second-order valence-electron chi connectivity index (χ2n) is 2.93. The summed E-state index contributed by atoms with van der Waals surface area (Å²) in [5.74, 6) is 0.00463. The molecular formula is C11H16N2O2. The lowest BCUT2D eigenvalue weighted by Crippen LogP contribution is -2.11. The van der Waals surface area contributed by atoms with E-state index in [0.29, 0.717) is 6.41 Å². The second-order valence-corrected chi connectivity index (χ2v) is 2.93. The molecule has 4 nitrogen and oxygen atoms in total. The topological polar surface area (TPSA) is 58.2 Å². The predicted molar refractivity (Wildman–Crippen MR) is 60.6 cm³/mol. The largest absolute Gasteiger partial charge is 0.359 e. The number of nitrogens with one attached hydrogen (secondary N) is 2. The van der Waals surface area contributed by atoms with Gasteiger partial charge in [0.05, 0.1) is 0 Å². The lowest BCUT2D eigenvalue weighted by atomic mass is 10.2. The molecule has 0 aliphatic carbocycles. The summed E-state index contributed by atoms with van der Waals surface area (Å²) >= 11 is 0. The maximum Gasteiger partial charge on any atom is 0.216 e. The Hall–Kier alpha value is -1.84. The maximum atomic E-state index is 9.95. The van der Waals surface area contributed by atoms with Crippen molar-refractivity contribution in [2.24, 2.45) is 0 Å². The van der Waals surface area contributed by atoms with Crippen LogP contribution in [-0.4, -0.2) is 19.4 Å². The smallest absolute Gasteiger partial charge is 0.216 e. The number of rotatable bonds is 2. The molecule has 0 saturated carbocycles. The SMILES string of the molecule is CNC(C)=O.Cc1ccc(NC=O)cc1. The van der Waals surface area contributed by atoms with Crippen molar-refractivity contribution in [2.75, 3.05) is 12.4 Å². The van der Waals surface area contributed by atoms with Crippen molar-refractivity contribution in [3.05, 3.63) is 29.8 Å². The number of benzene rings is 1. The van der Waals surface area contributed by atoms with Crippen LogP contribution in [0, 0.1) is 6.92 Å². The van der Waals surface area contributed by atoms with Gasteiger partial charge in [-0.1, -0.05) is 17.7 Å². The molecule has 0 bridgehead atoms. The molecule has 0 fully saturated rings. The number of hydrogen-bond acceptors (Lipinski definition) is 2. The fourth-order valence-corrected chi connectivity index (χ4v) is 0.718. The molecule has 0 aromatic heterocycles. The third-order valence-corrected chi connectivity index (χ3v) is 1.63. The average Bonchev–Trinajstić information content (AvgIpc) is 2.23. The predicted octanol–water partition coefficient (Wildman–Crippen LogP) is 1.32. The zero-order chi connectivity index (χ0) is 11.7. The van der Waals surface area contributed by atoms with Gasteiger partial charge in [-0.25, -0.2) is 0 Å². The first kappa shape index (κ1) is 13.2. The summed E-state index contributed by atoms with van der Waals surface area (Å²) < 4.78 is 0. The van der Waals surface area contributed by atoms with Gasteiger partial charge in [0.15, 0.2) is 0 Å². The van der Waals surface area contributed by atoms with Gasteiger partial charge in [0.1, 0.15) is 0 Å². The highest BCUT2D eigenvalue weighted by Gasteiger charge is 1.86. The Morgan fingerprint density at radius 3 is 2.07 bits per heavy atom. The summed E-state index contributed by atoms with van der Waals surface area (Å²) in [6, 6.07) is 7.63. The molecule has 1 aromatic carbocycles. The lowest BCUT2D eigenvalue weighted by molar-refractivity contribution is -0.118. The number of aryl methyl sites for hydroxylation is 1. The van der Waals surface area contributed by atoms with Crippen molar-refractivity contribution in [3.63, 3.8) is 0 Å². The Morgan fingerprint density at radius 1 is 1.27 bits per heavy atom. The van der Waals surface area contributed by atoms with Crippen LogP contribution in [-0.2, 0) is 9.59 Å². The molecule has 0 heterocycles. The molecule has 4 heteroatoms. The first-order valence-electron chi connectivity index (χ1n) is 4.55. The monoisotopic (exact) mass is 208 g/mol. The molecule has 0 unspecified atom stereocenters. The van der Waals surface area contributed by atoms with Gasteiger partial charge in [0, 0.05) is 19.7 Å². The van der Waals surface area contributed by atoms with Crippen molar-refractivity contribution in [3.8, 4) is 0 Å². The normalized spacial score (nSPS) is 8.20. The van der Waals surface area contributed by atoms with Crippen molar-refractivity contribution < 1.29 is 9.59 Å². The fraction of sp³-hybridized carbons (Fsp3) is 0.273. The van der Waals surface area contributed by atoms with Gasteiger partial charge in [-0.05, 0) is 19.1 Å². The van der Waals surface area contributed by atoms with Crippen LogP contribution in [0.3, 0.4) is 0 Å². The molecule has 0 radical (unpaired) electrons. The number of carbonyl (C=O) groups is 2. The van der Waals surface area contributed by atoms with E-state index in [-0.39, 0.29) is 5.91 Å². The Kier molecular flexibility index (Phi) is 6.63. The van der Waals surface area contributed by atoms with Crippen molar-refractivity contribution in [2.45, 2.75) is 13.8 Å². The average molecular weight is 208 g/mol. The Labute approximate surface area is 89.7 Å². The first-order valence-corrected chi connectivity index (χ1v) is 4.55. The van der Waals surface area contributed by atoms with Crippen LogP contribution in [0.1, 0.15) is 12.5 Å². The van der Waals surface area contributed by atoms with E-state index in [0.717, 1.165) is 5.69 Å². The van der Waals surface area contributed by atoms with E-state index < -0.39 is 0 Å². The highest BCUT2D eigenvalue weighted by atomic mass is 16.1. The number of anilines is 1. The Balaban J connectivity index is 0.000000336. The quantitative estimate of drug-likeness (QED) is 0.720. The highest BCUT2D eigenvalue weighted by molar-refractivity contribution is 5.72. The van der Waals surface area contributed by atoms with E-state index in [1.807, 2.05) is 31.2 Å². The highest BCUT2D eigenvalue weighted by Crippen LogP contribution is 2.06. The zero-order valence-electron chi connectivity index (χ0n) is 9.20. The van der Waals surface area contributed by atoms with E-state index in [4.69, 9.17) is 0 Å². The van der Waals surface area contributed by atoms with Crippen LogP contribution in [0.2, 0.25) is 0 Å². The van der Waals surface area contributed by atoms with Gasteiger partial charge in [-0.2, -0.15) is 0 Å². The van der Waals surface area contributed by atoms with Crippen LogP contribution in [0.4, 0.5) is 5.69 Å². The van der Waals surface area contributed by atoms with E-state index in [1.54, 1.807) is 7.05 Å². The van der Waals surface area contributed by atoms with Gasteiger partial charge in [0.2, 0.25) is 12.3 Å². The first-order chi connectivity index (χ1) is 7.10. The molecule has 0 spiro atoms. The summed E-state index contributed by atoms with van der Waals surface area (Å²) in [7, 11) is 1.60. The number of carbonyl (C=O) groups excluding carboxylic acids is 2. The molecule has 0 saturated heterocycles. The fourth-order valence-electron chi connectivity index (χ4n) is 0.718. The summed E-state index contributed by atoms with van der Waals surface area (Å²) in [6.07, 6.45) is 0.671. The molecule has 2 amide bonds. The number of amides is 2. The standard InChI is InChI=1S/C8H9NO.C3H7NO/c1-7-2-4-8(5-3-7)9-6-10;1-3(5)4-2/h2-6H,1H3,(H,9,10);1-2H3,(H,4,5). The van der Waals surface area contributed by atoms with E-state index in [9.17, 15) is 9.59 Å². The minimum Gasteiger partial charge on any atom is -0.359 e. The maximum absolute atomic E-state index is 9.95. The van der Waals surface area contributed by atoms with Gasteiger partial charge < -0.3 is 10.6 Å². The summed E-state index contributed by atoms with van der Waals surface area (Å²) in [5.41, 5.74) is 2.03. The van der Waals surface area contributed by atoms with Crippen molar-refractivity contribution >= 4 is 18.0 Å². The van der Waals surface area contributed by atoms with Gasteiger partial charge in [-0.15, -0.1) is 0 Å². The molecule has 2 N–H and O–H groups in total. The third kappa shape index (κ3) is 7.25. The van der Waals surface area contributed by atoms with Crippen LogP contribution >= 0.6 is 0 Å². The molecule has 0 aliphatic rings. The summed E-state index contributed by atoms with van der Waals surface area (Å²) in [5, 5.41) is 4.94. The van der Waals surface area contributed by atoms with Gasteiger partial charge in [0.25, 0.3) is 0 Å². The third-order valence-electron chi connectivity index (χ3n) is 1.63. The molecule has 15 heavy (non-hydrogen) atoms. The van der Waals surface area contributed by atoms with Crippen LogP contribution in [0.5, 0.6) is 0 Å². The molecule has 0 atom stereocenters. The van der Waals surface area contributed by atoms with Crippen molar-refractivity contribution in [1.29, 1.82) is 0 Å². The van der Waals surface area contributed by atoms with E-state index in [1.165, 1.54) is 12.5 Å². The summed E-state index contributed by atoms with van der Waals surface area (Å²) in [6.45, 7) is 3.48. The molecule has 1 rings (SSSR count). The Bertz CT molecular complexity index is 307. The van der Waals surface area contributed by atoms with Crippen LogP contribution in [0.25, 0.3) is 0 Å². The zero-order valence-corrected chi connectivity index (χ0v) is 9.20. The minimum atomic E-state index is 0.00463. The molecule has 82 valence electrons. The molecular weight excluding hydrogens is 192 g/mol. The molecule has 0 aliphatic heterocycles. The van der Waals surface area contributed by atoms with Crippen LogP contribution in [0.15, 0.2) is 24.3 Å². The van der Waals surface area contributed by atoms with E-state index in [2.05, 4.69) is 10.6 Å². The number of hydrogen-bond donors (Lipinski definition) is 2. The second kappa shape index (κ2) is 7.55. The summed E-state index contributed by atoms with van der Waals surface area (Å²) in [4.78, 5) is 19.6. The lowest BCUT2D eigenvalue weighted by Gasteiger charge is -1.96.